The molecule has 0 aromatic heterocycles. The second kappa shape index (κ2) is 7.26. The summed E-state index contributed by atoms with van der Waals surface area (Å²) in [5.74, 6) is 0.00571. The van der Waals surface area contributed by atoms with E-state index in [1.807, 2.05) is 0 Å². The van der Waals surface area contributed by atoms with Crippen LogP contribution in [0.3, 0.4) is 0 Å². The van der Waals surface area contributed by atoms with E-state index in [0.29, 0.717) is 30.9 Å². The highest BCUT2D eigenvalue weighted by molar-refractivity contribution is 5.90. The van der Waals surface area contributed by atoms with Gasteiger partial charge in [0.15, 0.2) is 0 Å². The van der Waals surface area contributed by atoms with Gasteiger partial charge in [-0.2, -0.15) is 0 Å². The number of hydrogen-bond donors (Lipinski definition) is 2. The molecule has 2 unspecified atom stereocenters. The van der Waals surface area contributed by atoms with Crippen LogP contribution in [0, 0.1) is 5.92 Å². The Labute approximate surface area is 118 Å². The van der Waals surface area contributed by atoms with Crippen LogP contribution in [-0.2, 0) is 4.74 Å². The molecule has 2 N–H and O–H groups in total. The summed E-state index contributed by atoms with van der Waals surface area (Å²) in [5, 5.41) is 12.4. The molecule has 0 radical (unpaired) electrons. The second-order valence-electron chi connectivity index (χ2n) is 4.98. The first-order chi connectivity index (χ1) is 9.68. The molecule has 0 bridgehead atoms. The van der Waals surface area contributed by atoms with Gasteiger partial charge in [-0.15, -0.1) is 0 Å². The standard InChI is InChI=1S/C15H21NO4/c1-11-12(6-8-19-11)10-16-7-9-20-14-5-3-2-4-13(14)15(17)18/h2-5,11-12,16H,6-10H2,1H3,(H,17,18). The predicted molar refractivity (Wildman–Crippen MR) is 75.3 cm³/mol. The summed E-state index contributed by atoms with van der Waals surface area (Å²) in [6, 6.07) is 6.68. The van der Waals surface area contributed by atoms with Crippen molar-refractivity contribution in [3.63, 3.8) is 0 Å². The number of benzene rings is 1. The Morgan fingerprint density at radius 2 is 2.30 bits per heavy atom. The number of nitrogens with one attached hydrogen (secondary N) is 1. The lowest BCUT2D eigenvalue weighted by molar-refractivity contribution is 0.0692. The molecule has 0 spiro atoms. The highest BCUT2D eigenvalue weighted by Crippen LogP contribution is 2.19. The van der Waals surface area contributed by atoms with E-state index in [0.717, 1.165) is 19.6 Å². The summed E-state index contributed by atoms with van der Waals surface area (Å²) < 4.78 is 11.0. The molecule has 0 saturated carbocycles. The number of carboxylic acids is 1. The van der Waals surface area contributed by atoms with E-state index in [4.69, 9.17) is 14.6 Å². The largest absolute Gasteiger partial charge is 0.491 e. The third-order valence-electron chi connectivity index (χ3n) is 3.59. The molecule has 0 amide bonds. The van der Waals surface area contributed by atoms with Crippen molar-refractivity contribution in [1.29, 1.82) is 0 Å². The zero-order valence-corrected chi connectivity index (χ0v) is 11.7. The quantitative estimate of drug-likeness (QED) is 0.745. The molecule has 1 aliphatic heterocycles. The Hall–Kier alpha value is -1.59. The van der Waals surface area contributed by atoms with E-state index in [9.17, 15) is 4.79 Å². The van der Waals surface area contributed by atoms with Crippen molar-refractivity contribution in [2.45, 2.75) is 19.4 Å². The Kier molecular flexibility index (Phi) is 5.38. The van der Waals surface area contributed by atoms with Crippen LogP contribution in [0.1, 0.15) is 23.7 Å². The van der Waals surface area contributed by atoms with Crippen LogP contribution >= 0.6 is 0 Å². The summed E-state index contributed by atoms with van der Waals surface area (Å²) in [6.45, 7) is 4.99. The van der Waals surface area contributed by atoms with Gasteiger partial charge in [-0.3, -0.25) is 0 Å². The number of para-hydroxylation sites is 1. The Bertz CT molecular complexity index is 449. The van der Waals surface area contributed by atoms with Crippen LogP contribution in [0.4, 0.5) is 0 Å². The zero-order chi connectivity index (χ0) is 14.4. The number of rotatable bonds is 7. The van der Waals surface area contributed by atoms with Crippen molar-refractivity contribution in [2.75, 3.05) is 26.3 Å². The second-order valence-corrected chi connectivity index (χ2v) is 4.98. The Morgan fingerprint density at radius 1 is 1.50 bits per heavy atom. The van der Waals surface area contributed by atoms with Crippen molar-refractivity contribution in [1.82, 2.24) is 5.32 Å². The van der Waals surface area contributed by atoms with Gasteiger partial charge in [-0.25, -0.2) is 4.79 Å². The number of carboxylic acid groups (broad SMARTS) is 1. The first kappa shape index (κ1) is 14.8. The summed E-state index contributed by atoms with van der Waals surface area (Å²) in [7, 11) is 0. The summed E-state index contributed by atoms with van der Waals surface area (Å²) in [4.78, 5) is 11.0. The molecule has 1 fully saturated rings. The van der Waals surface area contributed by atoms with Gasteiger partial charge in [0.05, 0.1) is 6.10 Å². The first-order valence-electron chi connectivity index (χ1n) is 6.96. The van der Waals surface area contributed by atoms with E-state index in [1.54, 1.807) is 24.3 Å². The first-order valence-corrected chi connectivity index (χ1v) is 6.96. The molecule has 5 nitrogen and oxygen atoms in total. The van der Waals surface area contributed by atoms with Gasteiger partial charge in [-0.05, 0) is 31.4 Å². The van der Waals surface area contributed by atoms with Crippen molar-refractivity contribution in [3.05, 3.63) is 29.8 Å². The van der Waals surface area contributed by atoms with Crippen LogP contribution < -0.4 is 10.1 Å². The van der Waals surface area contributed by atoms with Gasteiger partial charge in [-0.1, -0.05) is 12.1 Å². The summed E-state index contributed by atoms with van der Waals surface area (Å²) >= 11 is 0. The minimum Gasteiger partial charge on any atom is -0.491 e. The lowest BCUT2D eigenvalue weighted by Crippen LogP contribution is -2.30. The van der Waals surface area contributed by atoms with Crippen molar-refractivity contribution in [2.24, 2.45) is 5.92 Å². The molecule has 20 heavy (non-hydrogen) atoms. The lowest BCUT2D eigenvalue weighted by atomic mass is 10.0. The molecule has 1 saturated heterocycles. The van der Waals surface area contributed by atoms with Gasteiger partial charge >= 0.3 is 5.97 Å². The molecule has 2 rings (SSSR count). The zero-order valence-electron chi connectivity index (χ0n) is 11.7. The topological polar surface area (TPSA) is 67.8 Å². The maximum Gasteiger partial charge on any atom is 0.339 e. The smallest absolute Gasteiger partial charge is 0.339 e. The highest BCUT2D eigenvalue weighted by Gasteiger charge is 2.23. The molecule has 0 aliphatic carbocycles. The Morgan fingerprint density at radius 3 is 3.00 bits per heavy atom. The van der Waals surface area contributed by atoms with Crippen molar-refractivity contribution in [3.8, 4) is 5.75 Å². The average Bonchev–Trinajstić information content (AvgIpc) is 2.84. The molecule has 1 aromatic carbocycles. The molecule has 1 aliphatic rings. The fourth-order valence-electron chi connectivity index (χ4n) is 2.33. The molecule has 110 valence electrons. The van der Waals surface area contributed by atoms with Crippen molar-refractivity contribution < 1.29 is 19.4 Å². The summed E-state index contributed by atoms with van der Waals surface area (Å²) in [5.41, 5.74) is 0.199. The maximum atomic E-state index is 11.0. The molecular formula is C15H21NO4. The maximum absolute atomic E-state index is 11.0. The van der Waals surface area contributed by atoms with Crippen LogP contribution in [0.25, 0.3) is 0 Å². The minimum absolute atomic E-state index is 0.199. The van der Waals surface area contributed by atoms with E-state index in [-0.39, 0.29) is 5.56 Å². The van der Waals surface area contributed by atoms with Gasteiger partial charge in [0, 0.05) is 19.7 Å². The SMILES string of the molecule is CC1OCCC1CNCCOc1ccccc1C(=O)O. The fourth-order valence-corrected chi connectivity index (χ4v) is 2.33. The lowest BCUT2D eigenvalue weighted by Gasteiger charge is -2.15. The summed E-state index contributed by atoms with van der Waals surface area (Å²) in [6.07, 6.45) is 1.41. The number of ether oxygens (including phenoxy) is 2. The fraction of sp³-hybridized carbons (Fsp3) is 0.533. The van der Waals surface area contributed by atoms with E-state index < -0.39 is 5.97 Å². The van der Waals surface area contributed by atoms with E-state index in [1.165, 1.54) is 0 Å². The van der Waals surface area contributed by atoms with Gasteiger partial charge in [0.25, 0.3) is 0 Å². The van der Waals surface area contributed by atoms with Gasteiger partial charge in [0.2, 0.25) is 0 Å². The monoisotopic (exact) mass is 279 g/mol. The number of carbonyl (C=O) groups is 1. The Balaban J connectivity index is 1.70. The van der Waals surface area contributed by atoms with Crippen LogP contribution in [0.15, 0.2) is 24.3 Å². The molecule has 1 heterocycles. The van der Waals surface area contributed by atoms with Crippen molar-refractivity contribution >= 4 is 5.97 Å². The number of hydrogen-bond acceptors (Lipinski definition) is 4. The molecular weight excluding hydrogens is 258 g/mol. The van der Waals surface area contributed by atoms with Gasteiger partial charge < -0.3 is 19.9 Å². The molecule has 2 atom stereocenters. The minimum atomic E-state index is -0.967. The molecule has 5 heteroatoms. The third-order valence-corrected chi connectivity index (χ3v) is 3.59. The average molecular weight is 279 g/mol. The van der Waals surface area contributed by atoms with Crippen LogP contribution in [0.5, 0.6) is 5.75 Å². The molecule has 1 aromatic rings. The van der Waals surface area contributed by atoms with Crippen LogP contribution in [0.2, 0.25) is 0 Å². The normalized spacial score (nSPS) is 21.9. The highest BCUT2D eigenvalue weighted by atomic mass is 16.5. The third kappa shape index (κ3) is 3.95. The van der Waals surface area contributed by atoms with E-state index >= 15 is 0 Å². The van der Waals surface area contributed by atoms with Gasteiger partial charge in [0.1, 0.15) is 17.9 Å². The van der Waals surface area contributed by atoms with E-state index in [2.05, 4.69) is 12.2 Å². The number of aromatic carboxylic acids is 1. The predicted octanol–water partition coefficient (Wildman–Crippen LogP) is 1.78. The van der Waals surface area contributed by atoms with Crippen LogP contribution in [-0.4, -0.2) is 43.5 Å².